The molecule has 0 fully saturated rings. The molecule has 0 bridgehead atoms. The standard InChI is InChI=1S/C15H16N2O3/c1-10-13(15(18)19)6-7-14(17-10)16-9-11-4-3-5-12(8-11)20-2/h3-8H,9H2,1-2H3,(H,16,17)(H,18,19). The molecule has 0 unspecified atom stereocenters. The molecule has 0 amide bonds. The topological polar surface area (TPSA) is 71.5 Å². The molecule has 0 saturated carbocycles. The zero-order chi connectivity index (χ0) is 14.5. The lowest BCUT2D eigenvalue weighted by molar-refractivity contribution is 0.0695. The number of ether oxygens (including phenoxy) is 1. The van der Waals surface area contributed by atoms with Crippen molar-refractivity contribution in [3.8, 4) is 5.75 Å². The maximum absolute atomic E-state index is 10.9. The fourth-order valence-electron chi connectivity index (χ4n) is 1.86. The molecule has 0 aliphatic rings. The van der Waals surface area contributed by atoms with Crippen LogP contribution in [0.3, 0.4) is 0 Å². The molecule has 1 aromatic heterocycles. The van der Waals surface area contributed by atoms with E-state index in [1.165, 1.54) is 0 Å². The first-order chi connectivity index (χ1) is 9.60. The van der Waals surface area contributed by atoms with Crippen LogP contribution in [0.5, 0.6) is 5.75 Å². The normalized spacial score (nSPS) is 10.1. The van der Waals surface area contributed by atoms with E-state index in [1.54, 1.807) is 26.2 Å². The van der Waals surface area contributed by atoms with Crippen molar-refractivity contribution in [3.05, 3.63) is 53.2 Å². The van der Waals surface area contributed by atoms with Gasteiger partial charge in [-0.25, -0.2) is 9.78 Å². The Bertz CT molecular complexity index is 626. The summed E-state index contributed by atoms with van der Waals surface area (Å²) in [4.78, 5) is 15.1. The monoisotopic (exact) mass is 272 g/mol. The fourth-order valence-corrected chi connectivity index (χ4v) is 1.86. The molecule has 1 heterocycles. The Labute approximate surface area is 117 Å². The van der Waals surface area contributed by atoms with Crippen LogP contribution in [0.2, 0.25) is 0 Å². The van der Waals surface area contributed by atoms with E-state index in [-0.39, 0.29) is 5.56 Å². The largest absolute Gasteiger partial charge is 0.497 e. The predicted octanol–water partition coefficient (Wildman–Crippen LogP) is 2.71. The number of methoxy groups -OCH3 is 1. The second kappa shape index (κ2) is 6.06. The molecule has 1 aromatic carbocycles. The van der Waals surface area contributed by atoms with Gasteiger partial charge in [-0.05, 0) is 36.8 Å². The van der Waals surface area contributed by atoms with Crippen LogP contribution in [-0.4, -0.2) is 23.2 Å². The Morgan fingerprint density at radius 3 is 2.80 bits per heavy atom. The van der Waals surface area contributed by atoms with E-state index in [1.807, 2.05) is 24.3 Å². The van der Waals surface area contributed by atoms with Gasteiger partial charge in [-0.1, -0.05) is 12.1 Å². The van der Waals surface area contributed by atoms with Crippen molar-refractivity contribution in [1.82, 2.24) is 4.98 Å². The van der Waals surface area contributed by atoms with Gasteiger partial charge in [0.25, 0.3) is 0 Å². The molecule has 5 heteroatoms. The summed E-state index contributed by atoms with van der Waals surface area (Å²) >= 11 is 0. The van der Waals surface area contributed by atoms with E-state index in [2.05, 4.69) is 10.3 Å². The molecule has 0 aliphatic heterocycles. The number of rotatable bonds is 5. The average Bonchev–Trinajstić information content (AvgIpc) is 2.45. The van der Waals surface area contributed by atoms with E-state index < -0.39 is 5.97 Å². The molecular weight excluding hydrogens is 256 g/mol. The number of carbonyl (C=O) groups is 1. The molecule has 0 atom stereocenters. The number of benzene rings is 1. The summed E-state index contributed by atoms with van der Waals surface area (Å²) in [5, 5.41) is 12.1. The zero-order valence-electron chi connectivity index (χ0n) is 11.4. The van der Waals surface area contributed by atoms with Crippen molar-refractivity contribution in [1.29, 1.82) is 0 Å². The van der Waals surface area contributed by atoms with Gasteiger partial charge >= 0.3 is 5.97 Å². The van der Waals surface area contributed by atoms with Crippen molar-refractivity contribution in [3.63, 3.8) is 0 Å². The molecular formula is C15H16N2O3. The van der Waals surface area contributed by atoms with E-state index >= 15 is 0 Å². The third-order valence-corrected chi connectivity index (χ3v) is 2.92. The average molecular weight is 272 g/mol. The number of carboxylic acid groups (broad SMARTS) is 1. The summed E-state index contributed by atoms with van der Waals surface area (Å²) in [6.07, 6.45) is 0. The third kappa shape index (κ3) is 3.26. The summed E-state index contributed by atoms with van der Waals surface area (Å²) in [6.45, 7) is 2.27. The van der Waals surface area contributed by atoms with Crippen molar-refractivity contribution in [2.75, 3.05) is 12.4 Å². The Hall–Kier alpha value is -2.56. The first kappa shape index (κ1) is 13.9. The van der Waals surface area contributed by atoms with Crippen LogP contribution in [0.25, 0.3) is 0 Å². The highest BCUT2D eigenvalue weighted by atomic mass is 16.5. The van der Waals surface area contributed by atoms with Gasteiger partial charge in [-0.15, -0.1) is 0 Å². The minimum absolute atomic E-state index is 0.219. The van der Waals surface area contributed by atoms with Crippen LogP contribution < -0.4 is 10.1 Å². The molecule has 0 radical (unpaired) electrons. The van der Waals surface area contributed by atoms with Gasteiger partial charge in [-0.3, -0.25) is 0 Å². The molecule has 2 rings (SSSR count). The number of aryl methyl sites for hydroxylation is 1. The van der Waals surface area contributed by atoms with Crippen LogP contribution in [0.1, 0.15) is 21.6 Å². The van der Waals surface area contributed by atoms with Gasteiger partial charge < -0.3 is 15.2 Å². The summed E-state index contributed by atoms with van der Waals surface area (Å²) in [7, 11) is 1.63. The molecule has 2 aromatic rings. The predicted molar refractivity (Wildman–Crippen MR) is 76.3 cm³/mol. The first-order valence-electron chi connectivity index (χ1n) is 6.18. The maximum atomic E-state index is 10.9. The Morgan fingerprint density at radius 1 is 1.35 bits per heavy atom. The van der Waals surface area contributed by atoms with E-state index in [0.717, 1.165) is 11.3 Å². The summed E-state index contributed by atoms with van der Waals surface area (Å²) in [5.74, 6) is 0.485. The van der Waals surface area contributed by atoms with Gasteiger partial charge in [0, 0.05) is 6.54 Å². The maximum Gasteiger partial charge on any atom is 0.337 e. The molecule has 5 nitrogen and oxygen atoms in total. The Kier molecular flexibility index (Phi) is 4.20. The minimum atomic E-state index is -0.964. The number of nitrogens with zero attached hydrogens (tertiary/aromatic N) is 1. The highest BCUT2D eigenvalue weighted by Gasteiger charge is 2.08. The Morgan fingerprint density at radius 2 is 2.15 bits per heavy atom. The van der Waals surface area contributed by atoms with Crippen molar-refractivity contribution in [2.24, 2.45) is 0 Å². The van der Waals surface area contributed by atoms with Gasteiger partial charge in [0.15, 0.2) is 0 Å². The second-order valence-corrected chi connectivity index (χ2v) is 4.34. The van der Waals surface area contributed by atoms with Crippen LogP contribution >= 0.6 is 0 Å². The number of pyridine rings is 1. The molecule has 20 heavy (non-hydrogen) atoms. The number of aromatic nitrogens is 1. The van der Waals surface area contributed by atoms with Gasteiger partial charge in [0.1, 0.15) is 11.6 Å². The highest BCUT2D eigenvalue weighted by molar-refractivity contribution is 5.89. The van der Waals surface area contributed by atoms with Crippen molar-refractivity contribution < 1.29 is 14.6 Å². The van der Waals surface area contributed by atoms with E-state index in [9.17, 15) is 4.79 Å². The quantitative estimate of drug-likeness (QED) is 0.875. The number of hydrogen-bond acceptors (Lipinski definition) is 4. The van der Waals surface area contributed by atoms with Gasteiger partial charge in [0.2, 0.25) is 0 Å². The zero-order valence-corrected chi connectivity index (χ0v) is 11.4. The van der Waals surface area contributed by atoms with Crippen LogP contribution in [0, 0.1) is 6.92 Å². The summed E-state index contributed by atoms with van der Waals surface area (Å²) in [6, 6.07) is 10.9. The van der Waals surface area contributed by atoms with Crippen LogP contribution in [-0.2, 0) is 6.54 Å². The third-order valence-electron chi connectivity index (χ3n) is 2.92. The summed E-state index contributed by atoms with van der Waals surface area (Å²) in [5.41, 5.74) is 1.77. The molecule has 0 spiro atoms. The molecule has 2 N–H and O–H groups in total. The number of aromatic carboxylic acids is 1. The smallest absolute Gasteiger partial charge is 0.337 e. The Balaban J connectivity index is 2.07. The summed E-state index contributed by atoms with van der Waals surface area (Å²) < 4.78 is 5.16. The SMILES string of the molecule is COc1cccc(CNc2ccc(C(=O)O)c(C)n2)c1. The van der Waals surface area contributed by atoms with Gasteiger partial charge in [0.05, 0.1) is 18.4 Å². The number of hydrogen-bond donors (Lipinski definition) is 2. The minimum Gasteiger partial charge on any atom is -0.497 e. The van der Waals surface area contributed by atoms with E-state index in [4.69, 9.17) is 9.84 Å². The van der Waals surface area contributed by atoms with Crippen molar-refractivity contribution >= 4 is 11.8 Å². The number of nitrogens with one attached hydrogen (secondary N) is 1. The van der Waals surface area contributed by atoms with Crippen LogP contribution in [0.4, 0.5) is 5.82 Å². The first-order valence-corrected chi connectivity index (χ1v) is 6.18. The van der Waals surface area contributed by atoms with Crippen LogP contribution in [0.15, 0.2) is 36.4 Å². The molecule has 0 saturated heterocycles. The number of anilines is 1. The molecule has 104 valence electrons. The van der Waals surface area contributed by atoms with Crippen molar-refractivity contribution in [2.45, 2.75) is 13.5 Å². The van der Waals surface area contributed by atoms with E-state index in [0.29, 0.717) is 18.1 Å². The lowest BCUT2D eigenvalue weighted by Crippen LogP contribution is -2.06. The lowest BCUT2D eigenvalue weighted by Gasteiger charge is -2.09. The van der Waals surface area contributed by atoms with Gasteiger partial charge in [-0.2, -0.15) is 0 Å². The number of carboxylic acids is 1. The fraction of sp³-hybridized carbons (Fsp3) is 0.200. The highest BCUT2D eigenvalue weighted by Crippen LogP contribution is 2.15. The second-order valence-electron chi connectivity index (χ2n) is 4.34. The molecule has 0 aliphatic carbocycles. The lowest BCUT2D eigenvalue weighted by atomic mass is 10.2.